The van der Waals surface area contributed by atoms with Crippen LogP contribution in [0.25, 0.3) is 0 Å². The summed E-state index contributed by atoms with van der Waals surface area (Å²) in [5, 5.41) is 0. The van der Waals surface area contributed by atoms with E-state index in [4.69, 9.17) is 0 Å². The van der Waals surface area contributed by atoms with Crippen molar-refractivity contribution in [2.45, 2.75) is 85.5 Å². The minimum absolute atomic E-state index is 2.48. The molecule has 234 valence electrons. The molecule has 0 bridgehead atoms. The van der Waals surface area contributed by atoms with Crippen LogP contribution in [0.1, 0.15) is 6.42 Å². The Kier molecular flexibility index (Phi) is 8.81. The van der Waals surface area contributed by atoms with Crippen LogP contribution in [0.3, 0.4) is 0 Å². The van der Waals surface area contributed by atoms with Gasteiger partial charge in [0.25, 0.3) is 18.0 Å². The Morgan fingerprint density at radius 3 is 0.949 bits per heavy atom. The lowest BCUT2D eigenvalue weighted by atomic mass is 10.1. The van der Waals surface area contributed by atoms with Crippen molar-refractivity contribution in [3.05, 3.63) is 0 Å². The average molecular weight is 640 g/mol. The van der Waals surface area contributed by atoms with Gasteiger partial charge in [-0.1, -0.05) is 0 Å². The molecule has 0 radical (unpaired) electrons. The molecule has 1 rings (SSSR count). The van der Waals surface area contributed by atoms with E-state index in [0.29, 0.717) is 0 Å². The third-order valence-corrected chi connectivity index (χ3v) is 4.43. The number of rotatable bonds is 6. The molecule has 1 aliphatic rings. The summed E-state index contributed by atoms with van der Waals surface area (Å²) >= 11 is 0. The van der Waals surface area contributed by atoms with Crippen LogP contribution in [0.15, 0.2) is 0 Å². The zero-order chi connectivity index (χ0) is 31.6. The summed E-state index contributed by atoms with van der Waals surface area (Å²) in [7, 11) is 0. The molecule has 0 spiro atoms. The van der Waals surface area contributed by atoms with Crippen LogP contribution in [-0.4, -0.2) is 79.1 Å². The number of halogens is 22. The fraction of sp³-hybridized carbons (Fsp3) is 1.00. The van der Waals surface area contributed by atoms with Crippen molar-refractivity contribution in [2.24, 2.45) is 0 Å². The molecule has 0 aliphatic heterocycles. The third kappa shape index (κ3) is 7.16. The highest BCUT2D eigenvalue weighted by Crippen LogP contribution is 2.61. The quantitative estimate of drug-likeness (QED) is 0.226. The van der Waals surface area contributed by atoms with Crippen molar-refractivity contribution < 1.29 is 111 Å². The molecular formula is C14H6F22O3. The molecular weight excluding hydrogens is 634 g/mol. The number of hydrogen-bond donors (Lipinski definition) is 0. The van der Waals surface area contributed by atoms with Gasteiger partial charge in [-0.2, -0.15) is 96.6 Å². The number of hydrogen-bond acceptors (Lipinski definition) is 3. The standard InChI is InChI=1S/C14H6F22O3/c15-6(16)1-2(37-3(8(17,18)19)9(20,21)22)7(14(6,35)36,38-4(10(23,24)25)11(26,27)28)39-5(12(29,30)31)13(32,33)34/h2-5H,1H2. The minimum atomic E-state index is -7.39. The molecule has 0 aromatic carbocycles. The highest BCUT2D eigenvalue weighted by Gasteiger charge is 2.85. The average Bonchev–Trinajstić information content (AvgIpc) is 2.72. The van der Waals surface area contributed by atoms with Gasteiger partial charge >= 0.3 is 48.9 Å². The van der Waals surface area contributed by atoms with Gasteiger partial charge in [0.05, 0.1) is 0 Å². The summed E-state index contributed by atoms with van der Waals surface area (Å²) in [4.78, 5) is 0. The third-order valence-electron chi connectivity index (χ3n) is 4.43. The molecule has 1 fully saturated rings. The molecule has 25 heteroatoms. The van der Waals surface area contributed by atoms with E-state index >= 15 is 0 Å². The van der Waals surface area contributed by atoms with Gasteiger partial charge in [0.2, 0.25) is 6.10 Å². The molecule has 0 aromatic heterocycles. The molecule has 0 amide bonds. The smallest absolute Gasteiger partial charge is 0.351 e. The van der Waals surface area contributed by atoms with Gasteiger partial charge in [-0.05, 0) is 0 Å². The normalized spacial score (nSPS) is 22.8. The van der Waals surface area contributed by atoms with Crippen molar-refractivity contribution in [1.29, 1.82) is 0 Å². The topological polar surface area (TPSA) is 27.7 Å². The first-order chi connectivity index (χ1) is 16.6. The zero-order valence-corrected chi connectivity index (χ0v) is 17.1. The van der Waals surface area contributed by atoms with Crippen LogP contribution in [0.2, 0.25) is 0 Å². The van der Waals surface area contributed by atoms with Crippen molar-refractivity contribution in [1.82, 2.24) is 0 Å². The van der Waals surface area contributed by atoms with E-state index in [1.807, 2.05) is 0 Å². The summed E-state index contributed by atoms with van der Waals surface area (Å²) in [5.74, 6) is -20.9. The lowest BCUT2D eigenvalue weighted by Crippen LogP contribution is -2.68. The summed E-state index contributed by atoms with van der Waals surface area (Å²) in [5.41, 5.74) is 0. The van der Waals surface area contributed by atoms with Gasteiger partial charge < -0.3 is 14.2 Å². The Morgan fingerprint density at radius 1 is 0.462 bits per heavy atom. The van der Waals surface area contributed by atoms with Crippen LogP contribution in [0.4, 0.5) is 96.6 Å². The lowest BCUT2D eigenvalue weighted by molar-refractivity contribution is -0.478. The Bertz CT molecular complexity index is 765. The lowest BCUT2D eigenvalue weighted by Gasteiger charge is -2.44. The fourth-order valence-electron chi connectivity index (χ4n) is 2.91. The first-order valence-electron chi connectivity index (χ1n) is 8.79. The van der Waals surface area contributed by atoms with Gasteiger partial charge in [0.15, 0.2) is 0 Å². The minimum Gasteiger partial charge on any atom is -0.351 e. The summed E-state index contributed by atoms with van der Waals surface area (Å²) < 4.78 is 296. The SMILES string of the molecule is FC(F)(F)C(OC1CC(F)(F)C(F)(F)C1(OC(C(F)(F)F)C(F)(F)F)OC(C(F)(F)F)C(F)(F)F)C(F)(F)F. The first kappa shape index (κ1) is 35.4. The van der Waals surface area contributed by atoms with Crippen molar-refractivity contribution >= 4 is 0 Å². The van der Waals surface area contributed by atoms with Crippen molar-refractivity contribution in [3.8, 4) is 0 Å². The second-order valence-electron chi connectivity index (χ2n) is 7.40. The van der Waals surface area contributed by atoms with Crippen LogP contribution in [0, 0.1) is 0 Å². The molecule has 0 N–H and O–H groups in total. The van der Waals surface area contributed by atoms with Gasteiger partial charge in [0, 0.05) is 6.42 Å². The van der Waals surface area contributed by atoms with E-state index in [0.717, 1.165) is 0 Å². The second-order valence-corrected chi connectivity index (χ2v) is 7.40. The molecule has 0 saturated heterocycles. The van der Waals surface area contributed by atoms with E-state index < -0.39 is 85.5 Å². The maximum atomic E-state index is 14.5. The van der Waals surface area contributed by atoms with Crippen molar-refractivity contribution in [2.75, 3.05) is 0 Å². The van der Waals surface area contributed by atoms with E-state index in [1.165, 1.54) is 0 Å². The van der Waals surface area contributed by atoms with E-state index in [9.17, 15) is 96.6 Å². The van der Waals surface area contributed by atoms with Crippen LogP contribution in [0.5, 0.6) is 0 Å². The summed E-state index contributed by atoms with van der Waals surface area (Å²) in [6.07, 6.45) is -70.2. The van der Waals surface area contributed by atoms with Crippen LogP contribution >= 0.6 is 0 Å². The molecule has 0 aromatic rings. The van der Waals surface area contributed by atoms with Gasteiger partial charge in [-0.25, -0.2) is 0 Å². The number of ether oxygens (including phenoxy) is 3. The predicted octanol–water partition coefficient (Wildman–Crippen LogP) is 7.26. The van der Waals surface area contributed by atoms with Gasteiger partial charge in [-0.3, -0.25) is 0 Å². The molecule has 39 heavy (non-hydrogen) atoms. The largest absolute Gasteiger partial charge is 0.423 e. The Hall–Kier alpha value is -1.66. The van der Waals surface area contributed by atoms with E-state index in [-0.39, 0.29) is 0 Å². The Morgan fingerprint density at radius 2 is 0.718 bits per heavy atom. The molecule has 1 unspecified atom stereocenters. The maximum absolute atomic E-state index is 14.5. The van der Waals surface area contributed by atoms with Crippen LogP contribution in [-0.2, 0) is 14.2 Å². The first-order valence-corrected chi connectivity index (χ1v) is 8.79. The van der Waals surface area contributed by atoms with E-state index in [1.54, 1.807) is 0 Å². The number of alkyl halides is 22. The zero-order valence-electron chi connectivity index (χ0n) is 17.1. The molecule has 1 atom stereocenters. The molecule has 0 heterocycles. The predicted molar refractivity (Wildman–Crippen MR) is 72.0 cm³/mol. The van der Waals surface area contributed by atoms with Gasteiger partial charge in [-0.15, -0.1) is 0 Å². The van der Waals surface area contributed by atoms with Crippen LogP contribution < -0.4 is 0 Å². The molecule has 1 aliphatic carbocycles. The highest BCUT2D eigenvalue weighted by molar-refractivity contribution is 5.13. The maximum Gasteiger partial charge on any atom is 0.423 e. The fourth-order valence-corrected chi connectivity index (χ4v) is 2.91. The Balaban J connectivity index is 4.14. The molecule has 1 saturated carbocycles. The summed E-state index contributed by atoms with van der Waals surface area (Å²) in [6, 6.07) is 0. The van der Waals surface area contributed by atoms with Crippen molar-refractivity contribution in [3.63, 3.8) is 0 Å². The van der Waals surface area contributed by atoms with Gasteiger partial charge in [0.1, 0.15) is 6.10 Å². The van der Waals surface area contributed by atoms with E-state index in [2.05, 4.69) is 14.2 Å². The monoisotopic (exact) mass is 640 g/mol. The Labute approximate surface area is 197 Å². The highest BCUT2D eigenvalue weighted by atomic mass is 19.4. The molecule has 3 nitrogen and oxygen atoms in total. The summed E-state index contributed by atoms with van der Waals surface area (Å²) in [6.45, 7) is 0. The second kappa shape index (κ2) is 9.72.